The number of urea groups is 1. The van der Waals surface area contributed by atoms with Crippen molar-refractivity contribution in [1.82, 2.24) is 35.5 Å². The van der Waals surface area contributed by atoms with E-state index in [0.29, 0.717) is 17.6 Å². The van der Waals surface area contributed by atoms with Crippen LogP contribution in [0.5, 0.6) is 0 Å². The molecule has 4 amide bonds. The van der Waals surface area contributed by atoms with E-state index in [4.69, 9.17) is 0 Å². The highest BCUT2D eigenvalue weighted by Gasteiger charge is 2.47. The van der Waals surface area contributed by atoms with Gasteiger partial charge in [-0.2, -0.15) is 5.01 Å². The van der Waals surface area contributed by atoms with Crippen molar-refractivity contribution >= 4 is 29.6 Å². The van der Waals surface area contributed by atoms with Crippen molar-refractivity contribution < 1.29 is 14.4 Å². The zero-order valence-corrected chi connectivity index (χ0v) is 16.9. The van der Waals surface area contributed by atoms with Crippen LogP contribution in [0.2, 0.25) is 0 Å². The highest BCUT2D eigenvalue weighted by atomic mass is 32.2. The molecular formula is C18H21N7O3S. The monoisotopic (exact) mass is 415 g/mol. The number of nitrogens with zero attached hydrogens (tertiary/aromatic N) is 5. The first-order valence-electron chi connectivity index (χ1n) is 9.37. The van der Waals surface area contributed by atoms with Crippen molar-refractivity contribution in [2.45, 2.75) is 49.8 Å². The molecule has 1 unspecified atom stereocenters. The summed E-state index contributed by atoms with van der Waals surface area (Å²) in [6.07, 6.45) is 5.92. The van der Waals surface area contributed by atoms with Crippen LogP contribution in [0.4, 0.5) is 4.79 Å². The van der Waals surface area contributed by atoms with Crippen LogP contribution in [0.1, 0.15) is 39.2 Å². The quantitative estimate of drug-likeness (QED) is 0.519. The number of thioether (sulfide) groups is 1. The third kappa shape index (κ3) is 3.69. The van der Waals surface area contributed by atoms with Gasteiger partial charge in [-0.15, -0.1) is 10.2 Å². The summed E-state index contributed by atoms with van der Waals surface area (Å²) in [5, 5.41) is 12.5. The van der Waals surface area contributed by atoms with Crippen LogP contribution in [0.15, 0.2) is 29.7 Å². The Bertz CT molecular complexity index is 960. The number of nitrogens with one attached hydrogen (secondary N) is 2. The Morgan fingerprint density at radius 3 is 2.79 bits per heavy atom. The Morgan fingerprint density at radius 1 is 1.38 bits per heavy atom. The third-order valence-electron chi connectivity index (χ3n) is 5.03. The first-order chi connectivity index (χ1) is 13.9. The van der Waals surface area contributed by atoms with Crippen molar-refractivity contribution in [1.29, 1.82) is 0 Å². The Balaban J connectivity index is 1.43. The Hall–Kier alpha value is -2.95. The maximum Gasteiger partial charge on any atom is 0.344 e. The van der Waals surface area contributed by atoms with Gasteiger partial charge in [-0.3, -0.25) is 24.6 Å². The number of imide groups is 1. The van der Waals surface area contributed by atoms with Crippen LogP contribution >= 0.6 is 11.8 Å². The number of carbonyl (C=O) groups excluding carboxylic acids is 3. The summed E-state index contributed by atoms with van der Waals surface area (Å²) in [5.74, 6) is -0.218. The molecule has 29 heavy (non-hydrogen) atoms. The minimum Gasteiger partial charge on any atom is -0.322 e. The molecule has 10 nitrogen and oxygen atoms in total. The number of aromatic nitrogens is 4. The van der Waals surface area contributed by atoms with Gasteiger partial charge >= 0.3 is 6.03 Å². The summed E-state index contributed by atoms with van der Waals surface area (Å²) in [5.41, 5.74) is 2.25. The highest BCUT2D eigenvalue weighted by molar-refractivity contribution is 7.99. The zero-order valence-electron chi connectivity index (χ0n) is 16.1. The van der Waals surface area contributed by atoms with E-state index in [1.165, 1.54) is 11.8 Å². The van der Waals surface area contributed by atoms with Gasteiger partial charge in [-0.05, 0) is 38.3 Å². The van der Waals surface area contributed by atoms with Crippen molar-refractivity contribution in [2.75, 3.05) is 5.75 Å². The predicted octanol–water partition coefficient (Wildman–Crippen LogP) is 1.52. The molecule has 0 spiro atoms. The molecule has 1 aliphatic carbocycles. The minimum atomic E-state index is -0.998. The fourth-order valence-electron chi connectivity index (χ4n) is 3.04. The number of pyridine rings is 1. The van der Waals surface area contributed by atoms with E-state index in [1.54, 1.807) is 26.2 Å². The molecule has 152 valence electrons. The van der Waals surface area contributed by atoms with Gasteiger partial charge in [-0.25, -0.2) is 4.79 Å². The Kier molecular flexibility index (Phi) is 4.99. The molecule has 0 aromatic carbocycles. The van der Waals surface area contributed by atoms with E-state index >= 15 is 0 Å². The normalized spacial score (nSPS) is 21.4. The number of amides is 4. The lowest BCUT2D eigenvalue weighted by atomic mass is 10.00. The Labute approximate surface area is 171 Å². The second kappa shape index (κ2) is 7.47. The summed E-state index contributed by atoms with van der Waals surface area (Å²) in [6.45, 7) is 3.43. The lowest BCUT2D eigenvalue weighted by Gasteiger charge is -2.19. The van der Waals surface area contributed by atoms with Gasteiger partial charge < -0.3 is 5.32 Å². The first kappa shape index (κ1) is 19.4. The smallest absolute Gasteiger partial charge is 0.322 e. The number of carbonyl (C=O) groups is 3. The van der Waals surface area contributed by atoms with E-state index in [9.17, 15) is 14.4 Å². The zero-order chi connectivity index (χ0) is 20.6. The van der Waals surface area contributed by atoms with Crippen LogP contribution in [-0.4, -0.2) is 53.9 Å². The van der Waals surface area contributed by atoms with Gasteiger partial charge in [0, 0.05) is 24.0 Å². The summed E-state index contributed by atoms with van der Waals surface area (Å²) in [4.78, 5) is 40.9. The van der Waals surface area contributed by atoms with E-state index < -0.39 is 23.4 Å². The summed E-state index contributed by atoms with van der Waals surface area (Å²) in [7, 11) is 0. The molecule has 2 aromatic rings. The van der Waals surface area contributed by atoms with Gasteiger partial charge in [-0.1, -0.05) is 18.7 Å². The highest BCUT2D eigenvalue weighted by Crippen LogP contribution is 2.40. The third-order valence-corrected chi connectivity index (χ3v) is 5.98. The molecule has 4 rings (SSSR count). The molecule has 1 saturated carbocycles. The van der Waals surface area contributed by atoms with E-state index in [1.807, 2.05) is 16.7 Å². The molecule has 2 fully saturated rings. The van der Waals surface area contributed by atoms with E-state index in [-0.39, 0.29) is 5.75 Å². The largest absolute Gasteiger partial charge is 0.344 e. The van der Waals surface area contributed by atoms with Crippen LogP contribution in [-0.2, 0) is 9.59 Å². The molecule has 11 heteroatoms. The number of rotatable bonds is 7. The fourth-order valence-corrected chi connectivity index (χ4v) is 3.84. The number of hydrazine groups is 1. The van der Waals surface area contributed by atoms with Crippen LogP contribution in [0, 0.1) is 0 Å². The lowest BCUT2D eigenvalue weighted by molar-refractivity contribution is -0.137. The van der Waals surface area contributed by atoms with Gasteiger partial charge in [0.25, 0.3) is 5.91 Å². The maximum atomic E-state index is 12.4. The van der Waals surface area contributed by atoms with Gasteiger partial charge in [0.15, 0.2) is 11.0 Å². The fraction of sp³-hybridized carbons (Fsp3) is 0.444. The molecular weight excluding hydrogens is 394 g/mol. The molecule has 0 radical (unpaired) electrons. The van der Waals surface area contributed by atoms with Crippen molar-refractivity contribution in [3.05, 3.63) is 24.5 Å². The lowest BCUT2D eigenvalue weighted by Crippen LogP contribution is -2.49. The summed E-state index contributed by atoms with van der Waals surface area (Å²) in [6, 6.07) is 3.43. The SMILES string of the molecule is CCC1(C)NC(=O)N(NC(=O)CSc2nnc(-c3cccnc3)n2C2CC2)C1=O. The molecule has 1 saturated heterocycles. The minimum absolute atomic E-state index is 0.00219. The predicted molar refractivity (Wildman–Crippen MR) is 104 cm³/mol. The molecule has 3 heterocycles. The van der Waals surface area contributed by atoms with Crippen molar-refractivity contribution in [3.63, 3.8) is 0 Å². The number of hydrogen-bond donors (Lipinski definition) is 2. The summed E-state index contributed by atoms with van der Waals surface area (Å²) < 4.78 is 2.02. The van der Waals surface area contributed by atoms with Crippen LogP contribution in [0.3, 0.4) is 0 Å². The molecule has 1 aliphatic heterocycles. The molecule has 2 N–H and O–H groups in total. The molecule has 0 bridgehead atoms. The number of hydrogen-bond acceptors (Lipinski definition) is 7. The summed E-state index contributed by atoms with van der Waals surface area (Å²) >= 11 is 1.22. The standard InChI is InChI=1S/C18H21N7O3S/c1-3-18(2)15(27)25(16(28)20-18)23-13(26)10-29-17-22-21-14(24(17)12-6-7-12)11-5-4-8-19-9-11/h4-5,8-9,12H,3,6-7,10H2,1-2H3,(H,20,28)(H,23,26). The second-order valence-corrected chi connectivity index (χ2v) is 8.17. The van der Waals surface area contributed by atoms with Crippen LogP contribution in [0.25, 0.3) is 11.4 Å². The average Bonchev–Trinajstić information content (AvgIpc) is 3.44. The van der Waals surface area contributed by atoms with E-state index in [0.717, 1.165) is 29.2 Å². The molecule has 1 atom stereocenters. The van der Waals surface area contributed by atoms with Gasteiger partial charge in [0.1, 0.15) is 5.54 Å². The van der Waals surface area contributed by atoms with Crippen LogP contribution < -0.4 is 10.7 Å². The van der Waals surface area contributed by atoms with Gasteiger partial charge in [0.2, 0.25) is 5.91 Å². The maximum absolute atomic E-state index is 12.4. The Morgan fingerprint density at radius 2 is 2.17 bits per heavy atom. The molecule has 2 aromatic heterocycles. The van der Waals surface area contributed by atoms with E-state index in [2.05, 4.69) is 25.9 Å². The average molecular weight is 415 g/mol. The first-order valence-corrected chi connectivity index (χ1v) is 10.4. The van der Waals surface area contributed by atoms with Crippen molar-refractivity contribution in [3.8, 4) is 11.4 Å². The topological polar surface area (TPSA) is 122 Å². The molecule has 2 aliphatic rings. The van der Waals surface area contributed by atoms with Crippen molar-refractivity contribution in [2.24, 2.45) is 0 Å². The van der Waals surface area contributed by atoms with Gasteiger partial charge in [0.05, 0.1) is 5.75 Å². The second-order valence-electron chi connectivity index (χ2n) is 7.23.